The van der Waals surface area contributed by atoms with Gasteiger partial charge in [0.2, 0.25) is 5.91 Å². The van der Waals surface area contributed by atoms with Crippen LogP contribution in [0.1, 0.15) is 5.56 Å². The van der Waals surface area contributed by atoms with Crippen molar-refractivity contribution in [2.75, 3.05) is 40.2 Å². The molecule has 0 heterocycles. The number of amides is 1. The zero-order valence-corrected chi connectivity index (χ0v) is 16.1. The van der Waals surface area contributed by atoms with Crippen LogP contribution >= 0.6 is 11.6 Å². The van der Waals surface area contributed by atoms with E-state index in [1.165, 1.54) is 0 Å². The highest BCUT2D eigenvalue weighted by atomic mass is 35.5. The molecule has 26 heavy (non-hydrogen) atoms. The fourth-order valence-electron chi connectivity index (χ4n) is 2.58. The summed E-state index contributed by atoms with van der Waals surface area (Å²) in [4.78, 5) is 14.2. The van der Waals surface area contributed by atoms with Gasteiger partial charge in [-0.05, 0) is 37.4 Å². The molecule has 2 rings (SSSR count). The van der Waals surface area contributed by atoms with Gasteiger partial charge in [-0.25, -0.2) is 0 Å². The van der Waals surface area contributed by atoms with E-state index in [0.717, 1.165) is 11.3 Å². The fourth-order valence-corrected chi connectivity index (χ4v) is 2.77. The minimum Gasteiger partial charge on any atom is -0.496 e. The van der Waals surface area contributed by atoms with Crippen LogP contribution in [0, 0.1) is 0 Å². The summed E-state index contributed by atoms with van der Waals surface area (Å²) < 4.78 is 15.8. The average Bonchev–Trinajstić information content (AvgIpc) is 2.61. The number of ether oxygens (including phenoxy) is 3. The van der Waals surface area contributed by atoms with Gasteiger partial charge in [0.1, 0.15) is 5.75 Å². The molecule has 0 aliphatic rings. The molecule has 140 valence electrons. The second-order valence-electron chi connectivity index (χ2n) is 5.75. The lowest BCUT2D eigenvalue weighted by molar-refractivity contribution is -0.117. The number of hydrogen-bond acceptors (Lipinski definition) is 5. The molecular formula is C19H23ClN2O4. The molecule has 2 aromatic carbocycles. The van der Waals surface area contributed by atoms with Crippen LogP contribution in [0.5, 0.6) is 17.2 Å². The average molecular weight is 379 g/mol. The van der Waals surface area contributed by atoms with Crippen molar-refractivity contribution in [2.24, 2.45) is 0 Å². The number of methoxy groups -OCH3 is 3. The van der Waals surface area contributed by atoms with Crippen molar-refractivity contribution >= 4 is 23.2 Å². The molecular weight excluding hydrogens is 356 g/mol. The number of anilines is 1. The van der Waals surface area contributed by atoms with Crippen molar-refractivity contribution < 1.29 is 19.0 Å². The standard InChI is InChI=1S/C19H23ClN2O4/c1-22(11-13-9-14(20)5-7-16(13)24-2)12-19(23)21-15-6-8-17(25-3)18(10-15)26-4/h5-10H,11-12H2,1-4H3,(H,21,23). The minimum atomic E-state index is -0.138. The number of nitrogens with zero attached hydrogens (tertiary/aromatic N) is 1. The van der Waals surface area contributed by atoms with E-state index in [1.54, 1.807) is 45.6 Å². The first-order valence-corrected chi connectivity index (χ1v) is 8.37. The van der Waals surface area contributed by atoms with E-state index in [2.05, 4.69) is 5.32 Å². The summed E-state index contributed by atoms with van der Waals surface area (Å²) in [6.07, 6.45) is 0. The third-order valence-corrected chi connectivity index (χ3v) is 4.00. The SMILES string of the molecule is COc1ccc(Cl)cc1CN(C)CC(=O)Nc1ccc(OC)c(OC)c1. The summed E-state index contributed by atoms with van der Waals surface area (Å²) in [6.45, 7) is 0.743. The number of carbonyl (C=O) groups excluding carboxylic acids is 1. The van der Waals surface area contributed by atoms with Crippen molar-refractivity contribution in [1.82, 2.24) is 4.90 Å². The minimum absolute atomic E-state index is 0.138. The predicted molar refractivity (Wildman–Crippen MR) is 103 cm³/mol. The van der Waals surface area contributed by atoms with Crippen molar-refractivity contribution in [3.8, 4) is 17.2 Å². The Kier molecular flexibility index (Phi) is 7.12. The Morgan fingerprint density at radius 1 is 1.00 bits per heavy atom. The van der Waals surface area contributed by atoms with Gasteiger partial charge in [0, 0.05) is 28.9 Å². The van der Waals surface area contributed by atoms with Gasteiger partial charge in [0.05, 0.1) is 27.9 Å². The Bertz CT molecular complexity index is 767. The number of hydrogen-bond donors (Lipinski definition) is 1. The van der Waals surface area contributed by atoms with Gasteiger partial charge in [-0.1, -0.05) is 11.6 Å². The lowest BCUT2D eigenvalue weighted by atomic mass is 10.2. The van der Waals surface area contributed by atoms with E-state index >= 15 is 0 Å². The molecule has 0 aromatic heterocycles. The predicted octanol–water partition coefficient (Wildman–Crippen LogP) is 3.44. The molecule has 0 saturated carbocycles. The van der Waals surface area contributed by atoms with Crippen molar-refractivity contribution in [1.29, 1.82) is 0 Å². The van der Waals surface area contributed by atoms with E-state index in [9.17, 15) is 4.79 Å². The van der Waals surface area contributed by atoms with E-state index in [0.29, 0.717) is 28.8 Å². The first-order chi connectivity index (χ1) is 12.5. The van der Waals surface area contributed by atoms with E-state index in [4.69, 9.17) is 25.8 Å². The van der Waals surface area contributed by atoms with Crippen LogP contribution in [-0.4, -0.2) is 45.7 Å². The molecule has 0 unspecified atom stereocenters. The summed E-state index contributed by atoms with van der Waals surface area (Å²) in [6, 6.07) is 10.6. The lowest BCUT2D eigenvalue weighted by Crippen LogP contribution is -2.30. The van der Waals surface area contributed by atoms with Crippen molar-refractivity contribution in [3.63, 3.8) is 0 Å². The monoisotopic (exact) mass is 378 g/mol. The maximum atomic E-state index is 12.3. The van der Waals surface area contributed by atoms with Crippen LogP contribution in [0.15, 0.2) is 36.4 Å². The Morgan fingerprint density at radius 2 is 1.65 bits per heavy atom. The Morgan fingerprint density at radius 3 is 2.31 bits per heavy atom. The summed E-state index contributed by atoms with van der Waals surface area (Å²) in [5.74, 6) is 1.76. The Labute approximate surface area is 158 Å². The molecule has 1 amide bonds. The summed E-state index contributed by atoms with van der Waals surface area (Å²) >= 11 is 6.05. The maximum Gasteiger partial charge on any atom is 0.238 e. The van der Waals surface area contributed by atoms with Gasteiger partial charge < -0.3 is 19.5 Å². The molecule has 7 heteroatoms. The number of rotatable bonds is 8. The Balaban J connectivity index is 1.98. The third-order valence-electron chi connectivity index (χ3n) is 3.76. The maximum absolute atomic E-state index is 12.3. The number of benzene rings is 2. The zero-order valence-electron chi connectivity index (χ0n) is 15.3. The third kappa shape index (κ3) is 5.28. The first kappa shape index (κ1) is 19.9. The van der Waals surface area contributed by atoms with Crippen LogP contribution in [0.25, 0.3) is 0 Å². The van der Waals surface area contributed by atoms with Gasteiger partial charge in [0.25, 0.3) is 0 Å². The van der Waals surface area contributed by atoms with Crippen LogP contribution < -0.4 is 19.5 Å². The molecule has 0 fully saturated rings. The van der Waals surface area contributed by atoms with Crippen LogP contribution in [0.3, 0.4) is 0 Å². The zero-order chi connectivity index (χ0) is 19.1. The molecule has 0 saturated heterocycles. The van der Waals surface area contributed by atoms with Crippen LogP contribution in [0.4, 0.5) is 5.69 Å². The fraction of sp³-hybridized carbons (Fsp3) is 0.316. The second kappa shape index (κ2) is 9.31. The molecule has 0 aliphatic heterocycles. The van der Waals surface area contributed by atoms with Gasteiger partial charge >= 0.3 is 0 Å². The van der Waals surface area contributed by atoms with Gasteiger partial charge in [-0.3, -0.25) is 9.69 Å². The highest BCUT2D eigenvalue weighted by Gasteiger charge is 2.12. The van der Waals surface area contributed by atoms with Gasteiger partial charge in [-0.15, -0.1) is 0 Å². The molecule has 0 aliphatic carbocycles. The second-order valence-corrected chi connectivity index (χ2v) is 6.18. The molecule has 6 nitrogen and oxygen atoms in total. The first-order valence-electron chi connectivity index (χ1n) is 7.99. The molecule has 1 N–H and O–H groups in total. The van der Waals surface area contributed by atoms with Crippen molar-refractivity contribution in [2.45, 2.75) is 6.54 Å². The van der Waals surface area contributed by atoms with E-state index in [1.807, 2.05) is 24.1 Å². The largest absolute Gasteiger partial charge is 0.496 e. The van der Waals surface area contributed by atoms with Gasteiger partial charge in [-0.2, -0.15) is 0 Å². The highest BCUT2D eigenvalue weighted by molar-refractivity contribution is 6.30. The molecule has 0 atom stereocenters. The topological polar surface area (TPSA) is 60.0 Å². The molecule has 0 spiro atoms. The van der Waals surface area contributed by atoms with Crippen LogP contribution in [-0.2, 0) is 11.3 Å². The number of halogens is 1. The number of likely N-dealkylation sites (N-methyl/N-ethyl adjacent to an activating group) is 1. The number of carbonyl (C=O) groups is 1. The highest BCUT2D eigenvalue weighted by Crippen LogP contribution is 2.29. The molecule has 2 aromatic rings. The van der Waals surface area contributed by atoms with Gasteiger partial charge in [0.15, 0.2) is 11.5 Å². The molecule has 0 bridgehead atoms. The normalized spacial score (nSPS) is 10.5. The van der Waals surface area contributed by atoms with E-state index < -0.39 is 0 Å². The summed E-state index contributed by atoms with van der Waals surface area (Å²) in [5, 5.41) is 3.48. The van der Waals surface area contributed by atoms with Crippen LogP contribution in [0.2, 0.25) is 5.02 Å². The molecule has 0 radical (unpaired) electrons. The van der Waals surface area contributed by atoms with Crippen molar-refractivity contribution in [3.05, 3.63) is 47.0 Å². The smallest absolute Gasteiger partial charge is 0.238 e. The summed E-state index contributed by atoms with van der Waals surface area (Å²) in [5.41, 5.74) is 1.56. The van der Waals surface area contributed by atoms with E-state index in [-0.39, 0.29) is 12.5 Å². The number of nitrogens with one attached hydrogen (secondary N) is 1. The Hall–Kier alpha value is -2.44. The lowest BCUT2D eigenvalue weighted by Gasteiger charge is -2.18. The quantitative estimate of drug-likeness (QED) is 0.762. The summed E-state index contributed by atoms with van der Waals surface area (Å²) in [7, 11) is 6.58.